The largest absolute Gasteiger partial charge is 0.353 e. The standard InChI is InChI=1S/C10H15NO3/c1-13-10(14-2)5-3-8(7-10)9(12)4-6-11/h8H,3-5,7H2,1-2H3/t8-/m1/s1. The van der Waals surface area contributed by atoms with Crippen LogP contribution in [0.15, 0.2) is 0 Å². The van der Waals surface area contributed by atoms with Crippen LogP contribution in [0.4, 0.5) is 0 Å². The molecule has 0 aromatic carbocycles. The molecule has 1 aliphatic carbocycles. The van der Waals surface area contributed by atoms with Gasteiger partial charge in [0.15, 0.2) is 5.79 Å². The first-order valence-corrected chi connectivity index (χ1v) is 4.67. The number of methoxy groups -OCH3 is 2. The SMILES string of the molecule is COC1(OC)CC[C@@H](C(=O)CC#N)C1. The minimum Gasteiger partial charge on any atom is -0.353 e. The van der Waals surface area contributed by atoms with Gasteiger partial charge in [-0.1, -0.05) is 0 Å². The van der Waals surface area contributed by atoms with Crippen molar-refractivity contribution in [3.8, 4) is 6.07 Å². The number of ketones is 1. The van der Waals surface area contributed by atoms with Crippen molar-refractivity contribution >= 4 is 5.78 Å². The molecule has 78 valence electrons. The molecule has 4 heteroatoms. The number of nitriles is 1. The first-order valence-electron chi connectivity index (χ1n) is 4.67. The van der Waals surface area contributed by atoms with Gasteiger partial charge in [0.25, 0.3) is 0 Å². The van der Waals surface area contributed by atoms with E-state index < -0.39 is 5.79 Å². The molecule has 1 aliphatic rings. The Balaban J connectivity index is 2.56. The van der Waals surface area contributed by atoms with Gasteiger partial charge in [0, 0.05) is 33.0 Å². The fraction of sp³-hybridized carbons (Fsp3) is 0.800. The fourth-order valence-corrected chi connectivity index (χ4v) is 1.92. The van der Waals surface area contributed by atoms with E-state index in [1.165, 1.54) is 0 Å². The lowest BCUT2D eigenvalue weighted by Crippen LogP contribution is -2.30. The van der Waals surface area contributed by atoms with Crippen LogP contribution < -0.4 is 0 Å². The van der Waals surface area contributed by atoms with Gasteiger partial charge in [0.1, 0.15) is 5.78 Å². The molecule has 0 saturated heterocycles. The normalized spacial score (nSPS) is 24.5. The second kappa shape index (κ2) is 4.54. The van der Waals surface area contributed by atoms with E-state index in [1.54, 1.807) is 14.2 Å². The van der Waals surface area contributed by atoms with Crippen molar-refractivity contribution in [2.24, 2.45) is 5.92 Å². The van der Waals surface area contributed by atoms with E-state index in [-0.39, 0.29) is 18.1 Å². The number of hydrogen-bond donors (Lipinski definition) is 0. The third-order valence-corrected chi connectivity index (χ3v) is 2.88. The quantitative estimate of drug-likeness (QED) is 0.636. The zero-order valence-electron chi connectivity index (χ0n) is 8.58. The average Bonchev–Trinajstić information content (AvgIpc) is 2.63. The number of ether oxygens (including phenoxy) is 2. The highest BCUT2D eigenvalue weighted by Crippen LogP contribution is 2.38. The summed E-state index contributed by atoms with van der Waals surface area (Å²) in [7, 11) is 3.17. The number of carbonyl (C=O) groups is 1. The van der Waals surface area contributed by atoms with E-state index in [9.17, 15) is 4.79 Å². The maximum Gasteiger partial charge on any atom is 0.168 e. The van der Waals surface area contributed by atoms with E-state index in [1.807, 2.05) is 6.07 Å². The highest BCUT2D eigenvalue weighted by Gasteiger charge is 2.42. The van der Waals surface area contributed by atoms with E-state index in [2.05, 4.69) is 0 Å². The summed E-state index contributed by atoms with van der Waals surface area (Å²) in [6.07, 6.45) is 2.04. The zero-order chi connectivity index (χ0) is 10.6. The third kappa shape index (κ3) is 2.11. The average molecular weight is 197 g/mol. The van der Waals surface area contributed by atoms with Crippen molar-refractivity contribution in [1.29, 1.82) is 5.26 Å². The van der Waals surface area contributed by atoms with E-state index in [0.717, 1.165) is 12.8 Å². The van der Waals surface area contributed by atoms with E-state index in [4.69, 9.17) is 14.7 Å². The summed E-state index contributed by atoms with van der Waals surface area (Å²) >= 11 is 0. The first-order chi connectivity index (χ1) is 6.67. The lowest BCUT2D eigenvalue weighted by atomic mass is 10.0. The second-order valence-electron chi connectivity index (χ2n) is 3.56. The van der Waals surface area contributed by atoms with Gasteiger partial charge < -0.3 is 9.47 Å². The molecule has 0 spiro atoms. The molecule has 0 N–H and O–H groups in total. The Labute approximate surface area is 83.8 Å². The Morgan fingerprint density at radius 3 is 2.64 bits per heavy atom. The van der Waals surface area contributed by atoms with Crippen molar-refractivity contribution in [1.82, 2.24) is 0 Å². The summed E-state index contributed by atoms with van der Waals surface area (Å²) in [5.74, 6) is -0.673. The molecule has 0 radical (unpaired) electrons. The molecule has 1 rings (SSSR count). The minimum absolute atomic E-state index is 0.00322. The van der Waals surface area contributed by atoms with Crippen LogP contribution in [-0.2, 0) is 14.3 Å². The summed E-state index contributed by atoms with van der Waals surface area (Å²) in [6.45, 7) is 0. The summed E-state index contributed by atoms with van der Waals surface area (Å²) in [5.41, 5.74) is 0. The number of Topliss-reactive ketones (excluding diaryl/α,β-unsaturated/α-hetero) is 1. The summed E-state index contributed by atoms with van der Waals surface area (Å²) in [6, 6.07) is 1.88. The van der Waals surface area contributed by atoms with Crippen LogP contribution in [0.25, 0.3) is 0 Å². The first kappa shape index (κ1) is 11.2. The maximum atomic E-state index is 11.4. The minimum atomic E-state index is -0.601. The molecule has 0 aliphatic heterocycles. The number of carbonyl (C=O) groups excluding carboxylic acids is 1. The zero-order valence-corrected chi connectivity index (χ0v) is 8.58. The second-order valence-corrected chi connectivity index (χ2v) is 3.56. The predicted octanol–water partition coefficient (Wildman–Crippen LogP) is 1.26. The van der Waals surface area contributed by atoms with E-state index >= 15 is 0 Å². The molecule has 1 atom stereocenters. The number of hydrogen-bond acceptors (Lipinski definition) is 4. The van der Waals surface area contributed by atoms with Crippen LogP contribution in [0.3, 0.4) is 0 Å². The molecule has 14 heavy (non-hydrogen) atoms. The Bertz CT molecular complexity index is 253. The Morgan fingerprint density at radius 1 is 1.57 bits per heavy atom. The van der Waals surface area contributed by atoms with Crippen LogP contribution in [0.5, 0.6) is 0 Å². The topological polar surface area (TPSA) is 59.3 Å². The molecule has 4 nitrogen and oxygen atoms in total. The Hall–Kier alpha value is -0.920. The third-order valence-electron chi connectivity index (χ3n) is 2.88. The highest BCUT2D eigenvalue weighted by molar-refractivity contribution is 5.83. The lowest BCUT2D eigenvalue weighted by molar-refractivity contribution is -0.202. The lowest BCUT2D eigenvalue weighted by Gasteiger charge is -2.25. The Morgan fingerprint density at radius 2 is 2.21 bits per heavy atom. The molecular weight excluding hydrogens is 182 g/mol. The smallest absolute Gasteiger partial charge is 0.168 e. The van der Waals surface area contributed by atoms with Gasteiger partial charge in [-0.05, 0) is 6.42 Å². The van der Waals surface area contributed by atoms with Gasteiger partial charge in [-0.3, -0.25) is 4.79 Å². The number of nitrogens with zero attached hydrogens (tertiary/aromatic N) is 1. The van der Waals surface area contributed by atoms with Crippen molar-refractivity contribution in [3.05, 3.63) is 0 Å². The van der Waals surface area contributed by atoms with Gasteiger partial charge >= 0.3 is 0 Å². The van der Waals surface area contributed by atoms with Crippen molar-refractivity contribution in [2.45, 2.75) is 31.5 Å². The maximum absolute atomic E-state index is 11.4. The molecule has 0 heterocycles. The van der Waals surface area contributed by atoms with Crippen molar-refractivity contribution in [3.63, 3.8) is 0 Å². The highest BCUT2D eigenvalue weighted by atomic mass is 16.7. The van der Waals surface area contributed by atoms with Crippen molar-refractivity contribution < 1.29 is 14.3 Å². The fourth-order valence-electron chi connectivity index (χ4n) is 1.92. The van der Waals surface area contributed by atoms with Crippen LogP contribution in [0.2, 0.25) is 0 Å². The molecule has 0 aromatic heterocycles. The van der Waals surface area contributed by atoms with Gasteiger partial charge in [-0.15, -0.1) is 0 Å². The predicted molar refractivity (Wildman–Crippen MR) is 49.3 cm³/mol. The molecule has 0 amide bonds. The molecular formula is C10H15NO3. The van der Waals surface area contributed by atoms with Crippen molar-refractivity contribution in [2.75, 3.05) is 14.2 Å². The van der Waals surface area contributed by atoms with Gasteiger partial charge in [0.2, 0.25) is 0 Å². The monoisotopic (exact) mass is 197 g/mol. The van der Waals surface area contributed by atoms with Gasteiger partial charge in [-0.2, -0.15) is 5.26 Å². The molecule has 0 unspecified atom stereocenters. The van der Waals surface area contributed by atoms with Crippen LogP contribution in [-0.4, -0.2) is 25.8 Å². The van der Waals surface area contributed by atoms with Crippen LogP contribution in [0, 0.1) is 17.2 Å². The summed E-state index contributed by atoms with van der Waals surface area (Å²) < 4.78 is 10.5. The van der Waals surface area contributed by atoms with Gasteiger partial charge in [-0.25, -0.2) is 0 Å². The van der Waals surface area contributed by atoms with Crippen LogP contribution >= 0.6 is 0 Å². The number of rotatable bonds is 4. The summed E-state index contributed by atoms with van der Waals surface area (Å²) in [4.78, 5) is 11.4. The molecule has 1 saturated carbocycles. The van der Waals surface area contributed by atoms with E-state index in [0.29, 0.717) is 6.42 Å². The van der Waals surface area contributed by atoms with Crippen LogP contribution in [0.1, 0.15) is 25.7 Å². The Kier molecular flexibility index (Phi) is 3.62. The molecule has 0 bridgehead atoms. The van der Waals surface area contributed by atoms with Gasteiger partial charge in [0.05, 0.1) is 12.5 Å². The summed E-state index contributed by atoms with van der Waals surface area (Å²) in [5, 5.41) is 8.41. The molecule has 1 fully saturated rings. The molecule has 0 aromatic rings.